The van der Waals surface area contributed by atoms with Crippen molar-refractivity contribution >= 4 is 11.5 Å². The number of nitrogens with zero attached hydrogens (tertiary/aromatic N) is 4. The highest BCUT2D eigenvalue weighted by molar-refractivity contribution is 7.05. The van der Waals surface area contributed by atoms with Crippen LogP contribution in [0.2, 0.25) is 0 Å². The van der Waals surface area contributed by atoms with Gasteiger partial charge in [0.1, 0.15) is 5.69 Å². The van der Waals surface area contributed by atoms with E-state index >= 15 is 0 Å². The predicted molar refractivity (Wildman–Crippen MR) is 74.6 cm³/mol. The molecule has 0 radical (unpaired) electrons. The van der Waals surface area contributed by atoms with E-state index in [-0.39, 0.29) is 6.04 Å². The minimum Gasteiger partial charge on any atom is -0.493 e. The van der Waals surface area contributed by atoms with E-state index < -0.39 is 0 Å². The highest BCUT2D eigenvalue weighted by Crippen LogP contribution is 2.32. The van der Waals surface area contributed by atoms with Gasteiger partial charge in [-0.15, -0.1) is 5.10 Å². The molecule has 0 aliphatic carbocycles. The molecule has 2 aromatic heterocycles. The minimum atomic E-state index is 0.00681. The predicted octanol–water partition coefficient (Wildman–Crippen LogP) is 1.63. The molecule has 0 fully saturated rings. The molecule has 0 bridgehead atoms. The molecule has 7 heteroatoms. The Hall–Kier alpha value is -1.47. The zero-order chi connectivity index (χ0) is 13.8. The van der Waals surface area contributed by atoms with Crippen molar-refractivity contribution < 1.29 is 4.74 Å². The van der Waals surface area contributed by atoms with Crippen LogP contribution in [0.1, 0.15) is 36.2 Å². The molecule has 0 aliphatic rings. The molecule has 1 atom stereocenters. The molecule has 1 N–H and O–H groups in total. The first kappa shape index (κ1) is 14.0. The van der Waals surface area contributed by atoms with Gasteiger partial charge in [0.15, 0.2) is 5.75 Å². The Kier molecular flexibility index (Phi) is 4.49. The molecule has 104 valence electrons. The van der Waals surface area contributed by atoms with Crippen LogP contribution in [-0.4, -0.2) is 33.5 Å². The van der Waals surface area contributed by atoms with E-state index in [0.29, 0.717) is 0 Å². The van der Waals surface area contributed by atoms with Gasteiger partial charge in [0.25, 0.3) is 0 Å². The number of hydrogen-bond donors (Lipinski definition) is 1. The molecule has 0 aliphatic heterocycles. The average Bonchev–Trinajstić information content (AvgIpc) is 3.06. The molecule has 0 aromatic carbocycles. The molecule has 2 heterocycles. The Morgan fingerprint density at radius 2 is 2.26 bits per heavy atom. The third-order valence-corrected chi connectivity index (χ3v) is 3.94. The third-order valence-electron chi connectivity index (χ3n) is 3.11. The first-order valence-corrected chi connectivity index (χ1v) is 7.12. The molecular formula is C12H19N5OS. The molecule has 2 aromatic rings. The lowest BCUT2D eigenvalue weighted by molar-refractivity contribution is 0.401. The van der Waals surface area contributed by atoms with Crippen LogP contribution in [0.15, 0.2) is 6.20 Å². The van der Waals surface area contributed by atoms with Crippen molar-refractivity contribution in [1.29, 1.82) is 0 Å². The normalized spacial score (nSPS) is 12.6. The van der Waals surface area contributed by atoms with Gasteiger partial charge < -0.3 is 10.1 Å². The molecule has 1 unspecified atom stereocenters. The largest absolute Gasteiger partial charge is 0.493 e. The number of ether oxygens (including phenoxy) is 1. The summed E-state index contributed by atoms with van der Waals surface area (Å²) in [6, 6.07) is 0.00681. The second-order valence-corrected chi connectivity index (χ2v) is 4.86. The Morgan fingerprint density at radius 3 is 2.84 bits per heavy atom. The fraction of sp³-hybridized carbons (Fsp3) is 0.583. The fourth-order valence-electron chi connectivity index (χ4n) is 2.15. The summed E-state index contributed by atoms with van der Waals surface area (Å²) in [6.45, 7) is 4.94. The Morgan fingerprint density at radius 1 is 1.47 bits per heavy atom. The summed E-state index contributed by atoms with van der Waals surface area (Å²) in [7, 11) is 3.59. The summed E-state index contributed by atoms with van der Waals surface area (Å²) in [5, 5.41) is 11.9. The molecule has 6 nitrogen and oxygen atoms in total. The van der Waals surface area contributed by atoms with Gasteiger partial charge in [-0.3, -0.25) is 4.68 Å². The van der Waals surface area contributed by atoms with Gasteiger partial charge in [0.05, 0.1) is 29.9 Å². The van der Waals surface area contributed by atoms with Gasteiger partial charge in [-0.2, -0.15) is 5.10 Å². The summed E-state index contributed by atoms with van der Waals surface area (Å²) in [5.74, 6) is 0.789. The molecule has 0 spiro atoms. The number of methoxy groups -OCH3 is 1. The standard InChI is InChI=1S/C12H19N5OS/c1-5-8-12(19-16-15-8)10(13-3)11-9(18-4)7-14-17(11)6-2/h7,10,13H,5-6H2,1-4H3. The van der Waals surface area contributed by atoms with Crippen molar-refractivity contribution in [3.63, 3.8) is 0 Å². The van der Waals surface area contributed by atoms with Crippen LogP contribution < -0.4 is 10.1 Å². The lowest BCUT2D eigenvalue weighted by atomic mass is 10.1. The van der Waals surface area contributed by atoms with E-state index in [2.05, 4.69) is 33.8 Å². The van der Waals surface area contributed by atoms with Gasteiger partial charge in [0.2, 0.25) is 0 Å². The second kappa shape index (κ2) is 6.12. The first-order chi connectivity index (χ1) is 9.26. The van der Waals surface area contributed by atoms with Gasteiger partial charge in [-0.25, -0.2) is 0 Å². The second-order valence-electron chi connectivity index (χ2n) is 4.07. The maximum absolute atomic E-state index is 5.42. The summed E-state index contributed by atoms with van der Waals surface area (Å²) < 4.78 is 11.4. The summed E-state index contributed by atoms with van der Waals surface area (Å²) in [5.41, 5.74) is 2.04. The van der Waals surface area contributed by atoms with Crippen molar-refractivity contribution in [2.75, 3.05) is 14.2 Å². The van der Waals surface area contributed by atoms with Crippen LogP contribution in [0.3, 0.4) is 0 Å². The molecule has 0 amide bonds. The van der Waals surface area contributed by atoms with Crippen LogP contribution >= 0.6 is 11.5 Å². The van der Waals surface area contributed by atoms with E-state index in [4.69, 9.17) is 4.74 Å². The topological polar surface area (TPSA) is 64.9 Å². The van der Waals surface area contributed by atoms with Crippen LogP contribution in [0.25, 0.3) is 0 Å². The van der Waals surface area contributed by atoms with Crippen molar-refractivity contribution in [1.82, 2.24) is 24.7 Å². The SMILES string of the molecule is CCc1nnsc1C(NC)c1c(OC)cnn1CC. The Bertz CT molecular complexity index is 514. The van der Waals surface area contributed by atoms with Gasteiger partial charge in [-0.05, 0) is 31.9 Å². The maximum Gasteiger partial charge on any atom is 0.161 e. The van der Waals surface area contributed by atoms with Gasteiger partial charge >= 0.3 is 0 Å². The highest BCUT2D eigenvalue weighted by Gasteiger charge is 2.26. The first-order valence-electron chi connectivity index (χ1n) is 6.34. The maximum atomic E-state index is 5.42. The summed E-state index contributed by atoms with van der Waals surface area (Å²) in [6.07, 6.45) is 2.62. The van der Waals surface area contributed by atoms with Gasteiger partial charge in [0, 0.05) is 6.54 Å². The average molecular weight is 281 g/mol. The molecule has 19 heavy (non-hydrogen) atoms. The lowest BCUT2D eigenvalue weighted by Gasteiger charge is -2.18. The van der Waals surface area contributed by atoms with E-state index in [1.54, 1.807) is 13.3 Å². The number of nitrogens with one attached hydrogen (secondary N) is 1. The number of rotatable bonds is 6. The van der Waals surface area contributed by atoms with Crippen LogP contribution in [0.4, 0.5) is 0 Å². The van der Waals surface area contributed by atoms with E-state index in [0.717, 1.165) is 35.0 Å². The summed E-state index contributed by atoms with van der Waals surface area (Å²) in [4.78, 5) is 1.12. The van der Waals surface area contributed by atoms with Crippen molar-refractivity contribution in [2.45, 2.75) is 32.9 Å². The van der Waals surface area contributed by atoms with Crippen LogP contribution in [0, 0.1) is 0 Å². The van der Waals surface area contributed by atoms with Gasteiger partial charge in [-0.1, -0.05) is 11.4 Å². The number of aromatic nitrogens is 4. The van der Waals surface area contributed by atoms with Crippen molar-refractivity contribution in [3.05, 3.63) is 22.5 Å². The van der Waals surface area contributed by atoms with E-state index in [1.807, 2.05) is 11.7 Å². The van der Waals surface area contributed by atoms with E-state index in [9.17, 15) is 0 Å². The van der Waals surface area contributed by atoms with Crippen LogP contribution in [-0.2, 0) is 13.0 Å². The zero-order valence-corrected chi connectivity index (χ0v) is 12.5. The fourth-order valence-corrected chi connectivity index (χ4v) is 3.00. The van der Waals surface area contributed by atoms with Crippen molar-refractivity contribution in [2.24, 2.45) is 0 Å². The molecular weight excluding hydrogens is 262 g/mol. The molecule has 0 saturated carbocycles. The quantitative estimate of drug-likeness (QED) is 0.872. The number of aryl methyl sites for hydroxylation is 2. The highest BCUT2D eigenvalue weighted by atomic mass is 32.1. The molecule has 2 rings (SSSR count). The summed E-state index contributed by atoms with van der Waals surface area (Å²) >= 11 is 1.42. The monoisotopic (exact) mass is 281 g/mol. The third kappa shape index (κ3) is 2.48. The molecule has 0 saturated heterocycles. The smallest absolute Gasteiger partial charge is 0.161 e. The lowest BCUT2D eigenvalue weighted by Crippen LogP contribution is -2.22. The van der Waals surface area contributed by atoms with Crippen molar-refractivity contribution in [3.8, 4) is 5.75 Å². The Balaban J connectivity index is 2.50. The zero-order valence-electron chi connectivity index (χ0n) is 11.7. The Labute approximate surface area is 117 Å². The number of hydrogen-bond acceptors (Lipinski definition) is 6. The van der Waals surface area contributed by atoms with Crippen LogP contribution in [0.5, 0.6) is 5.75 Å². The minimum absolute atomic E-state index is 0.00681. The van der Waals surface area contributed by atoms with E-state index in [1.165, 1.54) is 11.5 Å².